The van der Waals surface area contributed by atoms with Crippen molar-refractivity contribution in [2.75, 3.05) is 31.2 Å². The van der Waals surface area contributed by atoms with Crippen LogP contribution in [0.5, 0.6) is 0 Å². The van der Waals surface area contributed by atoms with Crippen molar-refractivity contribution in [3.8, 4) is 0 Å². The van der Waals surface area contributed by atoms with Crippen molar-refractivity contribution in [3.63, 3.8) is 0 Å². The number of carbonyl (C=O) groups excluding carboxylic acids is 2. The molecule has 8 heteroatoms. The maximum atomic E-state index is 12.6. The van der Waals surface area contributed by atoms with E-state index in [2.05, 4.69) is 0 Å². The summed E-state index contributed by atoms with van der Waals surface area (Å²) in [7, 11) is -3.62. The van der Waals surface area contributed by atoms with Crippen LogP contribution in [0.25, 0.3) is 0 Å². The van der Waals surface area contributed by atoms with Crippen molar-refractivity contribution in [1.82, 2.24) is 4.31 Å². The number of sulfonamides is 1. The molecule has 2 aliphatic rings. The summed E-state index contributed by atoms with van der Waals surface area (Å²) in [5, 5.41) is 0. The number of hydrogen-bond acceptors (Lipinski definition) is 5. The third kappa shape index (κ3) is 2.63. The van der Waals surface area contributed by atoms with Crippen LogP contribution in [0.3, 0.4) is 0 Å². The summed E-state index contributed by atoms with van der Waals surface area (Å²) in [6.45, 7) is 1.35. The average molecular weight is 372 g/mol. The minimum absolute atomic E-state index is 0.125. The molecule has 0 atom stereocenters. The molecule has 1 saturated heterocycles. The summed E-state index contributed by atoms with van der Waals surface area (Å²) < 4.78 is 31.9. The molecule has 0 N–H and O–H groups in total. The topological polar surface area (TPSA) is 84.0 Å². The second-order valence-corrected chi connectivity index (χ2v) is 7.94. The van der Waals surface area contributed by atoms with Gasteiger partial charge in [0.1, 0.15) is 0 Å². The second-order valence-electron chi connectivity index (χ2n) is 6.00. The van der Waals surface area contributed by atoms with E-state index in [4.69, 9.17) is 4.74 Å². The Balaban J connectivity index is 1.63. The van der Waals surface area contributed by atoms with E-state index in [1.807, 2.05) is 0 Å². The van der Waals surface area contributed by atoms with Gasteiger partial charge in [0.2, 0.25) is 10.0 Å². The number of anilines is 1. The molecular weight excluding hydrogens is 356 g/mol. The standard InChI is InChI=1S/C18H16N2O5S/c21-17-15-3-1-2-4-16(15)18(22)20(17)13-5-7-14(8-6-13)26(23,24)19-9-11-25-12-10-19/h1-8H,9-12H2. The Morgan fingerprint density at radius 3 is 1.88 bits per heavy atom. The molecule has 2 aliphatic heterocycles. The number of rotatable bonds is 3. The number of carbonyl (C=O) groups is 2. The van der Waals surface area contributed by atoms with E-state index in [1.54, 1.807) is 24.3 Å². The van der Waals surface area contributed by atoms with E-state index < -0.39 is 21.8 Å². The van der Waals surface area contributed by atoms with Gasteiger partial charge in [0.25, 0.3) is 11.8 Å². The molecule has 2 aromatic rings. The summed E-state index contributed by atoms with van der Waals surface area (Å²) >= 11 is 0. The highest BCUT2D eigenvalue weighted by atomic mass is 32.2. The number of morpholine rings is 1. The Morgan fingerprint density at radius 2 is 1.35 bits per heavy atom. The van der Waals surface area contributed by atoms with E-state index in [9.17, 15) is 18.0 Å². The van der Waals surface area contributed by atoms with Gasteiger partial charge in [0, 0.05) is 13.1 Å². The smallest absolute Gasteiger partial charge is 0.266 e. The molecule has 7 nitrogen and oxygen atoms in total. The van der Waals surface area contributed by atoms with Gasteiger partial charge in [-0.3, -0.25) is 9.59 Å². The highest BCUT2D eigenvalue weighted by Gasteiger charge is 2.36. The van der Waals surface area contributed by atoms with Gasteiger partial charge in [-0.15, -0.1) is 0 Å². The SMILES string of the molecule is O=C1c2ccccc2C(=O)N1c1ccc(S(=O)(=O)N2CCOCC2)cc1. The van der Waals surface area contributed by atoms with Gasteiger partial charge in [-0.2, -0.15) is 4.31 Å². The van der Waals surface area contributed by atoms with Gasteiger partial charge in [-0.1, -0.05) is 12.1 Å². The van der Waals surface area contributed by atoms with E-state index in [0.717, 1.165) is 4.90 Å². The third-order valence-corrected chi connectivity index (χ3v) is 6.41. The number of hydrogen-bond donors (Lipinski definition) is 0. The van der Waals surface area contributed by atoms with Crippen LogP contribution in [-0.2, 0) is 14.8 Å². The van der Waals surface area contributed by atoms with Gasteiger partial charge in [0.15, 0.2) is 0 Å². The fourth-order valence-corrected chi connectivity index (χ4v) is 4.53. The molecule has 0 radical (unpaired) electrons. The summed E-state index contributed by atoms with van der Waals surface area (Å²) in [5.74, 6) is -0.816. The number of amides is 2. The third-order valence-electron chi connectivity index (χ3n) is 4.50. The molecule has 0 unspecified atom stereocenters. The predicted octanol–water partition coefficient (Wildman–Crippen LogP) is 1.51. The average Bonchev–Trinajstić information content (AvgIpc) is 2.94. The summed E-state index contributed by atoms with van der Waals surface area (Å²) in [6.07, 6.45) is 0. The molecule has 2 heterocycles. The van der Waals surface area contributed by atoms with Gasteiger partial charge >= 0.3 is 0 Å². The highest BCUT2D eigenvalue weighted by molar-refractivity contribution is 7.89. The largest absolute Gasteiger partial charge is 0.379 e. The van der Waals surface area contributed by atoms with Crippen LogP contribution in [0.15, 0.2) is 53.4 Å². The van der Waals surface area contributed by atoms with Crippen LogP contribution in [0, 0.1) is 0 Å². The van der Waals surface area contributed by atoms with Crippen LogP contribution in [0.2, 0.25) is 0 Å². The summed E-state index contributed by atoms with van der Waals surface area (Å²) in [5.41, 5.74) is 1.04. The fraction of sp³-hybridized carbons (Fsp3) is 0.222. The molecule has 0 spiro atoms. The molecule has 0 saturated carbocycles. The Morgan fingerprint density at radius 1 is 0.808 bits per heavy atom. The van der Waals surface area contributed by atoms with Gasteiger partial charge in [-0.05, 0) is 36.4 Å². The van der Waals surface area contributed by atoms with E-state index >= 15 is 0 Å². The quantitative estimate of drug-likeness (QED) is 0.763. The molecule has 26 heavy (non-hydrogen) atoms. The minimum Gasteiger partial charge on any atom is -0.379 e. The van der Waals surface area contributed by atoms with Crippen LogP contribution in [0.4, 0.5) is 5.69 Å². The molecule has 134 valence electrons. The number of imide groups is 1. The first-order valence-electron chi connectivity index (χ1n) is 8.16. The zero-order valence-electron chi connectivity index (χ0n) is 13.8. The van der Waals surface area contributed by atoms with Crippen LogP contribution < -0.4 is 4.90 Å². The lowest BCUT2D eigenvalue weighted by molar-refractivity contribution is 0.0730. The van der Waals surface area contributed by atoms with Crippen molar-refractivity contribution in [2.24, 2.45) is 0 Å². The molecule has 1 fully saturated rings. The lowest BCUT2D eigenvalue weighted by Gasteiger charge is -2.26. The second kappa shape index (κ2) is 6.31. The number of benzene rings is 2. The first kappa shape index (κ1) is 16.9. The maximum absolute atomic E-state index is 12.6. The molecule has 0 bridgehead atoms. The lowest BCUT2D eigenvalue weighted by Crippen LogP contribution is -2.40. The van der Waals surface area contributed by atoms with Gasteiger partial charge < -0.3 is 4.74 Å². The molecular formula is C18H16N2O5S. The first-order valence-corrected chi connectivity index (χ1v) is 9.60. The zero-order chi connectivity index (χ0) is 18.3. The Bertz CT molecular complexity index is 944. The fourth-order valence-electron chi connectivity index (χ4n) is 3.13. The van der Waals surface area contributed by atoms with Crippen molar-refractivity contribution >= 4 is 27.5 Å². The van der Waals surface area contributed by atoms with Gasteiger partial charge in [0.05, 0.1) is 34.9 Å². The Hall–Kier alpha value is -2.55. The Kier molecular flexibility index (Phi) is 4.10. The molecule has 2 amide bonds. The van der Waals surface area contributed by atoms with Crippen molar-refractivity contribution in [2.45, 2.75) is 4.90 Å². The number of ether oxygens (including phenoxy) is 1. The van der Waals surface area contributed by atoms with E-state index in [-0.39, 0.29) is 4.90 Å². The van der Waals surface area contributed by atoms with E-state index in [1.165, 1.54) is 28.6 Å². The highest BCUT2D eigenvalue weighted by Crippen LogP contribution is 2.29. The number of nitrogens with zero attached hydrogens (tertiary/aromatic N) is 2. The van der Waals surface area contributed by atoms with Crippen molar-refractivity contribution in [3.05, 3.63) is 59.7 Å². The maximum Gasteiger partial charge on any atom is 0.266 e. The first-order chi connectivity index (χ1) is 12.5. The predicted molar refractivity (Wildman–Crippen MR) is 93.6 cm³/mol. The molecule has 2 aromatic carbocycles. The summed E-state index contributed by atoms with van der Waals surface area (Å²) in [4.78, 5) is 26.2. The number of fused-ring (bicyclic) bond motifs is 1. The monoisotopic (exact) mass is 372 g/mol. The van der Waals surface area contributed by atoms with Crippen LogP contribution in [0.1, 0.15) is 20.7 Å². The normalized spacial score (nSPS) is 18.2. The summed E-state index contributed by atoms with van der Waals surface area (Å²) in [6, 6.07) is 12.4. The van der Waals surface area contributed by atoms with Crippen molar-refractivity contribution in [1.29, 1.82) is 0 Å². The van der Waals surface area contributed by atoms with Crippen LogP contribution >= 0.6 is 0 Å². The van der Waals surface area contributed by atoms with Gasteiger partial charge in [-0.25, -0.2) is 13.3 Å². The molecule has 0 aliphatic carbocycles. The molecule has 0 aromatic heterocycles. The Labute approximate surface area is 150 Å². The molecule has 4 rings (SSSR count). The van der Waals surface area contributed by atoms with E-state index in [0.29, 0.717) is 43.1 Å². The van der Waals surface area contributed by atoms with Crippen molar-refractivity contribution < 1.29 is 22.7 Å². The zero-order valence-corrected chi connectivity index (χ0v) is 14.6. The lowest BCUT2D eigenvalue weighted by atomic mass is 10.1. The minimum atomic E-state index is -3.62. The van der Waals surface area contributed by atoms with Crippen LogP contribution in [-0.4, -0.2) is 50.8 Å².